The summed E-state index contributed by atoms with van der Waals surface area (Å²) in [5.74, 6) is 0.283. The summed E-state index contributed by atoms with van der Waals surface area (Å²) in [6.07, 6.45) is 5.49. The van der Waals surface area contributed by atoms with Crippen LogP contribution in [-0.4, -0.2) is 38.7 Å². The van der Waals surface area contributed by atoms with Crippen LogP contribution in [0.4, 0.5) is 10.6 Å². The van der Waals surface area contributed by atoms with Crippen LogP contribution in [-0.2, 0) is 0 Å². The molecule has 0 saturated carbocycles. The molecule has 1 atom stereocenters. The van der Waals surface area contributed by atoms with Crippen LogP contribution in [0.1, 0.15) is 18.4 Å². The van der Waals surface area contributed by atoms with Crippen LogP contribution in [0.3, 0.4) is 0 Å². The van der Waals surface area contributed by atoms with E-state index >= 15 is 0 Å². The average Bonchev–Trinajstić information content (AvgIpc) is 2.76. The highest BCUT2D eigenvalue weighted by Gasteiger charge is 2.26. The number of likely N-dealkylation sites (tertiary alicyclic amines) is 1. The summed E-state index contributed by atoms with van der Waals surface area (Å²) in [6.45, 7) is 0.554. The van der Waals surface area contributed by atoms with Gasteiger partial charge in [-0.25, -0.2) is 14.8 Å². The standard InChI is InChI=1S/C11H13ClN4O2/c12-9-8(10(13)15-6-14-9)4-3-7-2-1-5-16(7)11(17)18/h3-4,6-7H,1-2,5H2,(H,17,18)(H2,13,14,15)/t7-/m0/s1. The van der Waals surface area contributed by atoms with Crippen LogP contribution in [0.15, 0.2) is 12.4 Å². The fourth-order valence-corrected chi connectivity index (χ4v) is 2.18. The summed E-state index contributed by atoms with van der Waals surface area (Å²) < 4.78 is 0. The summed E-state index contributed by atoms with van der Waals surface area (Å²) in [4.78, 5) is 20.0. The maximum Gasteiger partial charge on any atom is 0.407 e. The van der Waals surface area contributed by atoms with Crippen LogP contribution in [0.25, 0.3) is 6.08 Å². The molecular formula is C11H13ClN4O2. The largest absolute Gasteiger partial charge is 0.465 e. The first-order valence-electron chi connectivity index (χ1n) is 5.53. The van der Waals surface area contributed by atoms with E-state index in [4.69, 9.17) is 22.4 Å². The Morgan fingerprint density at radius 2 is 2.39 bits per heavy atom. The zero-order valence-electron chi connectivity index (χ0n) is 9.58. The molecule has 1 aliphatic rings. The predicted molar refractivity (Wildman–Crippen MR) is 68.2 cm³/mol. The lowest BCUT2D eigenvalue weighted by atomic mass is 10.1. The molecule has 0 bridgehead atoms. The summed E-state index contributed by atoms with van der Waals surface area (Å²) in [5.41, 5.74) is 6.21. The van der Waals surface area contributed by atoms with E-state index in [0.29, 0.717) is 12.1 Å². The molecule has 1 saturated heterocycles. The topological polar surface area (TPSA) is 92.3 Å². The zero-order chi connectivity index (χ0) is 13.1. The molecule has 18 heavy (non-hydrogen) atoms. The van der Waals surface area contributed by atoms with Gasteiger partial charge < -0.3 is 15.7 Å². The molecule has 0 aliphatic carbocycles. The number of nitrogens with two attached hydrogens (primary N) is 1. The number of rotatable bonds is 2. The van der Waals surface area contributed by atoms with Gasteiger partial charge in [-0.05, 0) is 12.8 Å². The van der Waals surface area contributed by atoms with Crippen molar-refractivity contribution in [3.8, 4) is 0 Å². The van der Waals surface area contributed by atoms with Crippen LogP contribution in [0.5, 0.6) is 0 Å². The third-order valence-corrected chi connectivity index (χ3v) is 3.20. The van der Waals surface area contributed by atoms with Gasteiger partial charge in [-0.2, -0.15) is 0 Å². The number of carbonyl (C=O) groups is 1. The summed E-state index contributed by atoms with van der Waals surface area (Å²) >= 11 is 5.90. The first-order chi connectivity index (χ1) is 8.59. The first kappa shape index (κ1) is 12.6. The average molecular weight is 269 g/mol. The van der Waals surface area contributed by atoms with Crippen LogP contribution in [0, 0.1) is 0 Å². The van der Waals surface area contributed by atoms with E-state index in [0.717, 1.165) is 12.8 Å². The summed E-state index contributed by atoms with van der Waals surface area (Å²) in [7, 11) is 0. The number of carboxylic acid groups (broad SMARTS) is 1. The highest BCUT2D eigenvalue weighted by molar-refractivity contribution is 6.31. The maximum absolute atomic E-state index is 11.0. The van der Waals surface area contributed by atoms with Gasteiger partial charge in [-0.1, -0.05) is 23.8 Å². The van der Waals surface area contributed by atoms with Crippen molar-refractivity contribution in [1.29, 1.82) is 0 Å². The molecule has 7 heteroatoms. The van der Waals surface area contributed by atoms with Crippen LogP contribution in [0.2, 0.25) is 5.15 Å². The summed E-state index contributed by atoms with van der Waals surface area (Å²) in [5, 5.41) is 9.27. The van der Waals surface area contributed by atoms with Crippen LogP contribution >= 0.6 is 11.6 Å². The molecule has 1 aromatic heterocycles. The van der Waals surface area contributed by atoms with Gasteiger partial charge in [-0.15, -0.1) is 0 Å². The van der Waals surface area contributed by atoms with Crippen molar-refractivity contribution in [3.63, 3.8) is 0 Å². The van der Waals surface area contributed by atoms with E-state index in [1.54, 1.807) is 12.2 Å². The van der Waals surface area contributed by atoms with Crippen molar-refractivity contribution < 1.29 is 9.90 Å². The molecule has 1 aliphatic heterocycles. The highest BCUT2D eigenvalue weighted by atomic mass is 35.5. The predicted octanol–water partition coefficient (Wildman–Crippen LogP) is 1.87. The molecule has 0 unspecified atom stereocenters. The lowest BCUT2D eigenvalue weighted by molar-refractivity contribution is 0.147. The minimum absolute atomic E-state index is 0.141. The lowest BCUT2D eigenvalue weighted by Gasteiger charge is -2.17. The van der Waals surface area contributed by atoms with E-state index < -0.39 is 6.09 Å². The number of amides is 1. The molecule has 2 rings (SSSR count). The second-order valence-corrected chi connectivity index (χ2v) is 4.37. The van der Waals surface area contributed by atoms with Crippen molar-refractivity contribution in [2.24, 2.45) is 0 Å². The van der Waals surface area contributed by atoms with E-state index in [-0.39, 0.29) is 17.0 Å². The third-order valence-electron chi connectivity index (χ3n) is 2.90. The second kappa shape index (κ2) is 5.22. The zero-order valence-corrected chi connectivity index (χ0v) is 10.3. The number of nitrogen functional groups attached to an aromatic ring is 1. The lowest BCUT2D eigenvalue weighted by Crippen LogP contribution is -2.32. The highest BCUT2D eigenvalue weighted by Crippen LogP contribution is 2.23. The van der Waals surface area contributed by atoms with E-state index in [9.17, 15) is 4.79 Å². The smallest absolute Gasteiger partial charge is 0.407 e. The number of halogens is 1. The van der Waals surface area contributed by atoms with Gasteiger partial charge in [-0.3, -0.25) is 0 Å². The Balaban J connectivity index is 2.18. The molecule has 96 valence electrons. The number of hydrogen-bond donors (Lipinski definition) is 2. The van der Waals surface area contributed by atoms with Gasteiger partial charge in [0.1, 0.15) is 17.3 Å². The van der Waals surface area contributed by atoms with Gasteiger partial charge >= 0.3 is 6.09 Å². The normalized spacial score (nSPS) is 19.6. The van der Waals surface area contributed by atoms with E-state index in [1.807, 2.05) is 0 Å². The first-order valence-corrected chi connectivity index (χ1v) is 5.91. The fourth-order valence-electron chi connectivity index (χ4n) is 1.98. The Kier molecular flexibility index (Phi) is 3.66. The molecule has 2 heterocycles. The van der Waals surface area contributed by atoms with Gasteiger partial charge in [0, 0.05) is 6.54 Å². The SMILES string of the molecule is Nc1ncnc(Cl)c1C=C[C@@H]1CCCN1C(=O)O. The quantitative estimate of drug-likeness (QED) is 0.799. The van der Waals surface area contributed by atoms with Crippen molar-refractivity contribution in [2.45, 2.75) is 18.9 Å². The fraction of sp³-hybridized carbons (Fsp3) is 0.364. The van der Waals surface area contributed by atoms with Crippen LogP contribution < -0.4 is 5.73 Å². The number of hydrogen-bond acceptors (Lipinski definition) is 4. The molecule has 0 aromatic carbocycles. The molecule has 1 aromatic rings. The number of aromatic nitrogens is 2. The third kappa shape index (κ3) is 2.53. The molecule has 6 nitrogen and oxygen atoms in total. The van der Waals surface area contributed by atoms with Crippen molar-refractivity contribution in [1.82, 2.24) is 14.9 Å². The van der Waals surface area contributed by atoms with Gasteiger partial charge in [0.05, 0.1) is 11.6 Å². The molecule has 1 amide bonds. The van der Waals surface area contributed by atoms with Gasteiger partial charge in [0.25, 0.3) is 0 Å². The van der Waals surface area contributed by atoms with Crippen molar-refractivity contribution in [2.75, 3.05) is 12.3 Å². The number of nitrogens with zero attached hydrogens (tertiary/aromatic N) is 3. The molecule has 0 spiro atoms. The maximum atomic E-state index is 11.0. The molecular weight excluding hydrogens is 256 g/mol. The molecule has 3 N–H and O–H groups in total. The summed E-state index contributed by atoms with van der Waals surface area (Å²) in [6, 6.07) is -0.141. The molecule has 0 radical (unpaired) electrons. The van der Waals surface area contributed by atoms with E-state index in [2.05, 4.69) is 9.97 Å². The van der Waals surface area contributed by atoms with E-state index in [1.165, 1.54) is 11.2 Å². The Morgan fingerprint density at radius 1 is 1.61 bits per heavy atom. The Hall–Kier alpha value is -1.82. The van der Waals surface area contributed by atoms with Crippen molar-refractivity contribution in [3.05, 3.63) is 23.1 Å². The van der Waals surface area contributed by atoms with Gasteiger partial charge in [0.2, 0.25) is 0 Å². The Bertz CT molecular complexity index is 472. The van der Waals surface area contributed by atoms with Crippen molar-refractivity contribution >= 4 is 29.6 Å². The minimum Gasteiger partial charge on any atom is -0.465 e. The number of anilines is 1. The monoisotopic (exact) mass is 268 g/mol. The Morgan fingerprint density at radius 3 is 3.06 bits per heavy atom. The molecule has 1 fully saturated rings. The Labute approximate surface area is 109 Å². The second-order valence-electron chi connectivity index (χ2n) is 4.01. The van der Waals surface area contributed by atoms with Gasteiger partial charge in [0.15, 0.2) is 0 Å². The minimum atomic E-state index is -0.912.